The minimum absolute atomic E-state index is 0. The SMILES string of the molecule is CCNCCNC(=O)CCn1cnc2ccc(Br)cc2c1=O.Cl. The van der Waals surface area contributed by atoms with Gasteiger partial charge in [0.2, 0.25) is 5.91 Å². The number of hydrogen-bond donors (Lipinski definition) is 2. The fourth-order valence-electron chi connectivity index (χ4n) is 2.07. The van der Waals surface area contributed by atoms with Crippen molar-refractivity contribution in [2.45, 2.75) is 19.9 Å². The number of carbonyl (C=O) groups is 1. The molecule has 2 aromatic rings. The summed E-state index contributed by atoms with van der Waals surface area (Å²) in [5, 5.41) is 6.48. The molecule has 23 heavy (non-hydrogen) atoms. The Labute approximate surface area is 149 Å². The second kappa shape index (κ2) is 9.64. The molecule has 0 aliphatic rings. The second-order valence-electron chi connectivity index (χ2n) is 4.86. The van der Waals surface area contributed by atoms with Gasteiger partial charge in [-0.05, 0) is 24.7 Å². The molecule has 0 aliphatic carbocycles. The van der Waals surface area contributed by atoms with Crippen molar-refractivity contribution in [3.63, 3.8) is 0 Å². The van der Waals surface area contributed by atoms with Crippen LogP contribution in [0.25, 0.3) is 10.9 Å². The van der Waals surface area contributed by atoms with Gasteiger partial charge in [0.25, 0.3) is 5.56 Å². The number of fused-ring (bicyclic) bond motifs is 1. The van der Waals surface area contributed by atoms with E-state index in [0.29, 0.717) is 24.0 Å². The van der Waals surface area contributed by atoms with Gasteiger partial charge in [-0.3, -0.25) is 14.2 Å². The molecule has 1 aromatic heterocycles. The normalized spacial score (nSPS) is 10.3. The molecular weight excluding hydrogens is 384 g/mol. The number of halogens is 2. The Bertz CT molecular complexity index is 720. The maximum atomic E-state index is 12.4. The second-order valence-corrected chi connectivity index (χ2v) is 5.77. The third kappa shape index (κ3) is 5.60. The summed E-state index contributed by atoms with van der Waals surface area (Å²) in [6.07, 6.45) is 1.75. The highest BCUT2D eigenvalue weighted by molar-refractivity contribution is 9.10. The first-order valence-corrected chi connectivity index (χ1v) is 8.03. The predicted molar refractivity (Wildman–Crippen MR) is 97.1 cm³/mol. The molecule has 126 valence electrons. The van der Waals surface area contributed by atoms with Crippen LogP contribution < -0.4 is 16.2 Å². The van der Waals surface area contributed by atoms with Crippen molar-refractivity contribution >= 4 is 45.1 Å². The Morgan fingerprint density at radius 2 is 2.13 bits per heavy atom. The van der Waals surface area contributed by atoms with Crippen LogP contribution in [0.4, 0.5) is 0 Å². The van der Waals surface area contributed by atoms with E-state index in [4.69, 9.17) is 0 Å². The zero-order valence-corrected chi connectivity index (χ0v) is 15.2. The first kappa shape index (κ1) is 19.6. The number of likely N-dealkylation sites (N-methyl/N-ethyl adjacent to an activating group) is 1. The average Bonchev–Trinajstić information content (AvgIpc) is 2.51. The van der Waals surface area contributed by atoms with Gasteiger partial charge in [-0.15, -0.1) is 12.4 Å². The van der Waals surface area contributed by atoms with E-state index in [0.717, 1.165) is 17.6 Å². The Balaban J connectivity index is 0.00000264. The van der Waals surface area contributed by atoms with Crippen molar-refractivity contribution in [1.29, 1.82) is 0 Å². The fraction of sp³-hybridized carbons (Fsp3) is 0.400. The first-order chi connectivity index (χ1) is 10.6. The van der Waals surface area contributed by atoms with E-state index in [1.165, 1.54) is 10.9 Å². The number of rotatable bonds is 7. The van der Waals surface area contributed by atoms with Crippen molar-refractivity contribution in [3.8, 4) is 0 Å². The van der Waals surface area contributed by atoms with Crippen LogP contribution in [0.3, 0.4) is 0 Å². The molecule has 1 aromatic carbocycles. The standard InChI is InChI=1S/C15H19BrN4O2.ClH/c1-2-17-6-7-18-14(21)5-8-20-10-19-13-4-3-11(16)9-12(13)15(20)22;/h3-4,9-10,17H,2,5-8H2,1H3,(H,18,21);1H. The molecule has 0 spiro atoms. The summed E-state index contributed by atoms with van der Waals surface area (Å²) in [7, 11) is 0. The van der Waals surface area contributed by atoms with Crippen LogP contribution in [-0.4, -0.2) is 35.1 Å². The maximum Gasteiger partial charge on any atom is 0.261 e. The number of hydrogen-bond acceptors (Lipinski definition) is 4. The maximum absolute atomic E-state index is 12.4. The Kier molecular flexibility index (Phi) is 8.22. The molecule has 0 fully saturated rings. The highest BCUT2D eigenvalue weighted by atomic mass is 79.9. The summed E-state index contributed by atoms with van der Waals surface area (Å²) in [6.45, 7) is 4.54. The fourth-order valence-corrected chi connectivity index (χ4v) is 2.43. The van der Waals surface area contributed by atoms with Crippen LogP contribution in [0.15, 0.2) is 33.8 Å². The van der Waals surface area contributed by atoms with Crippen LogP contribution in [0.5, 0.6) is 0 Å². The summed E-state index contributed by atoms with van der Waals surface area (Å²) in [4.78, 5) is 28.3. The Morgan fingerprint density at radius 3 is 2.87 bits per heavy atom. The highest BCUT2D eigenvalue weighted by Gasteiger charge is 2.07. The summed E-state index contributed by atoms with van der Waals surface area (Å²) in [5.41, 5.74) is 0.520. The van der Waals surface area contributed by atoms with Crippen LogP contribution in [-0.2, 0) is 11.3 Å². The third-order valence-electron chi connectivity index (χ3n) is 3.24. The molecule has 0 saturated carbocycles. The van der Waals surface area contributed by atoms with Gasteiger partial charge in [0.05, 0.1) is 17.2 Å². The monoisotopic (exact) mass is 402 g/mol. The molecular formula is C15H20BrClN4O2. The summed E-state index contributed by atoms with van der Waals surface area (Å²) < 4.78 is 2.30. The zero-order chi connectivity index (χ0) is 15.9. The Morgan fingerprint density at radius 1 is 1.35 bits per heavy atom. The molecule has 0 radical (unpaired) electrons. The van der Waals surface area contributed by atoms with Crippen molar-refractivity contribution in [2.75, 3.05) is 19.6 Å². The van der Waals surface area contributed by atoms with Crippen molar-refractivity contribution in [3.05, 3.63) is 39.4 Å². The molecule has 1 amide bonds. The van der Waals surface area contributed by atoms with Crippen molar-refractivity contribution in [1.82, 2.24) is 20.2 Å². The van der Waals surface area contributed by atoms with Crippen molar-refractivity contribution < 1.29 is 4.79 Å². The number of amides is 1. The third-order valence-corrected chi connectivity index (χ3v) is 3.73. The van der Waals surface area contributed by atoms with Crippen LogP contribution in [0, 0.1) is 0 Å². The van der Waals surface area contributed by atoms with Gasteiger partial charge in [-0.2, -0.15) is 0 Å². The molecule has 2 N–H and O–H groups in total. The zero-order valence-electron chi connectivity index (χ0n) is 12.8. The number of benzene rings is 1. The van der Waals surface area contributed by atoms with Gasteiger partial charge in [0, 0.05) is 30.5 Å². The topological polar surface area (TPSA) is 76.0 Å². The molecule has 0 bridgehead atoms. The van der Waals surface area contributed by atoms with Gasteiger partial charge in [0.1, 0.15) is 0 Å². The van der Waals surface area contributed by atoms with Gasteiger partial charge in [-0.1, -0.05) is 22.9 Å². The van der Waals surface area contributed by atoms with E-state index in [-0.39, 0.29) is 30.3 Å². The lowest BCUT2D eigenvalue weighted by Crippen LogP contribution is -2.33. The molecule has 0 unspecified atom stereocenters. The average molecular weight is 404 g/mol. The molecule has 8 heteroatoms. The minimum Gasteiger partial charge on any atom is -0.355 e. The first-order valence-electron chi connectivity index (χ1n) is 7.24. The van der Waals surface area contributed by atoms with E-state index in [1.807, 2.05) is 13.0 Å². The number of nitrogens with zero attached hydrogens (tertiary/aromatic N) is 2. The molecule has 6 nitrogen and oxygen atoms in total. The lowest BCUT2D eigenvalue weighted by Gasteiger charge is -2.08. The van der Waals surface area contributed by atoms with E-state index < -0.39 is 0 Å². The molecule has 0 saturated heterocycles. The number of aromatic nitrogens is 2. The predicted octanol–water partition coefficient (Wildman–Crippen LogP) is 1.70. The largest absolute Gasteiger partial charge is 0.355 e. The number of aryl methyl sites for hydroxylation is 1. The Hall–Kier alpha value is -1.44. The van der Waals surface area contributed by atoms with Gasteiger partial charge < -0.3 is 10.6 Å². The van der Waals surface area contributed by atoms with Crippen LogP contribution in [0.1, 0.15) is 13.3 Å². The summed E-state index contributed by atoms with van der Waals surface area (Å²) >= 11 is 3.35. The lowest BCUT2D eigenvalue weighted by atomic mass is 10.2. The molecule has 0 aliphatic heterocycles. The van der Waals surface area contributed by atoms with Gasteiger partial charge >= 0.3 is 0 Å². The minimum atomic E-state index is -0.133. The van der Waals surface area contributed by atoms with Gasteiger partial charge in [0.15, 0.2) is 0 Å². The van der Waals surface area contributed by atoms with Gasteiger partial charge in [-0.25, -0.2) is 4.98 Å². The highest BCUT2D eigenvalue weighted by Crippen LogP contribution is 2.14. The van der Waals surface area contributed by atoms with E-state index in [9.17, 15) is 9.59 Å². The smallest absolute Gasteiger partial charge is 0.261 e. The molecule has 1 heterocycles. The number of nitrogens with one attached hydrogen (secondary N) is 2. The quantitative estimate of drug-likeness (QED) is 0.690. The summed E-state index contributed by atoms with van der Waals surface area (Å²) in [6, 6.07) is 5.38. The van der Waals surface area contributed by atoms with Crippen LogP contribution in [0.2, 0.25) is 0 Å². The summed E-state index contributed by atoms with van der Waals surface area (Å²) in [5.74, 6) is -0.0702. The van der Waals surface area contributed by atoms with E-state index in [2.05, 4.69) is 31.5 Å². The number of carbonyl (C=O) groups excluding carboxylic acids is 1. The lowest BCUT2D eigenvalue weighted by molar-refractivity contribution is -0.121. The van der Waals surface area contributed by atoms with Crippen LogP contribution >= 0.6 is 28.3 Å². The molecule has 0 atom stereocenters. The molecule has 2 rings (SSSR count). The van der Waals surface area contributed by atoms with Crippen molar-refractivity contribution in [2.24, 2.45) is 0 Å². The van der Waals surface area contributed by atoms with E-state index in [1.54, 1.807) is 12.1 Å². The van der Waals surface area contributed by atoms with E-state index >= 15 is 0 Å².